The molecule has 5 heteroatoms. The summed E-state index contributed by atoms with van der Waals surface area (Å²) in [4.78, 5) is 9.26. The lowest BCUT2D eigenvalue weighted by molar-refractivity contribution is 0.941. The second-order valence-corrected chi connectivity index (χ2v) is 6.91. The zero-order chi connectivity index (χ0) is 19.1. The van der Waals surface area contributed by atoms with Crippen molar-refractivity contribution >= 4 is 16.6 Å². The molecule has 28 heavy (non-hydrogen) atoms. The minimum absolute atomic E-state index is 0.459. The highest BCUT2D eigenvalue weighted by Crippen LogP contribution is 2.31. The first-order valence-corrected chi connectivity index (χ1v) is 9.22. The van der Waals surface area contributed by atoms with Crippen LogP contribution in [0.1, 0.15) is 11.1 Å². The third kappa shape index (κ3) is 2.64. The van der Waals surface area contributed by atoms with Gasteiger partial charge in [-0.25, -0.2) is 9.50 Å². The van der Waals surface area contributed by atoms with E-state index >= 15 is 0 Å². The molecule has 0 aliphatic rings. The predicted molar refractivity (Wildman–Crippen MR) is 112 cm³/mol. The Bertz CT molecular complexity index is 1300. The molecule has 0 saturated heterocycles. The van der Waals surface area contributed by atoms with Gasteiger partial charge in [-0.3, -0.25) is 4.98 Å². The molecule has 0 amide bonds. The predicted octanol–water partition coefficient (Wildman–Crippen LogP) is 4.38. The molecule has 2 aromatic carbocycles. The molecule has 136 valence electrons. The zero-order valence-corrected chi connectivity index (χ0v) is 15.5. The Hall–Kier alpha value is -3.57. The first-order valence-electron chi connectivity index (χ1n) is 9.22. The van der Waals surface area contributed by atoms with E-state index in [4.69, 9.17) is 10.7 Å². The van der Waals surface area contributed by atoms with Crippen LogP contribution >= 0.6 is 0 Å². The lowest BCUT2D eigenvalue weighted by atomic mass is 10.0. The van der Waals surface area contributed by atoms with E-state index in [0.29, 0.717) is 6.54 Å². The Labute approximate surface area is 162 Å². The highest BCUT2D eigenvalue weighted by molar-refractivity contribution is 5.98. The van der Waals surface area contributed by atoms with Gasteiger partial charge in [-0.2, -0.15) is 5.10 Å². The summed E-state index contributed by atoms with van der Waals surface area (Å²) in [6, 6.07) is 16.5. The van der Waals surface area contributed by atoms with Crippen molar-refractivity contribution in [1.82, 2.24) is 19.6 Å². The monoisotopic (exact) mass is 365 g/mol. The molecule has 2 N–H and O–H groups in total. The molecule has 0 spiro atoms. The van der Waals surface area contributed by atoms with Crippen molar-refractivity contribution in [3.8, 4) is 22.3 Å². The van der Waals surface area contributed by atoms with Gasteiger partial charge >= 0.3 is 0 Å². The SMILES string of the molecule is Cc1ccc(-c2cnc3c(-c4ccnc5c(CN)cccc45)cnn3c2)cc1. The van der Waals surface area contributed by atoms with Crippen molar-refractivity contribution < 1.29 is 0 Å². The van der Waals surface area contributed by atoms with Gasteiger partial charge in [0.25, 0.3) is 0 Å². The van der Waals surface area contributed by atoms with Crippen molar-refractivity contribution in [2.45, 2.75) is 13.5 Å². The van der Waals surface area contributed by atoms with E-state index in [1.807, 2.05) is 47.5 Å². The van der Waals surface area contributed by atoms with E-state index in [2.05, 4.69) is 47.3 Å². The van der Waals surface area contributed by atoms with E-state index in [-0.39, 0.29) is 0 Å². The van der Waals surface area contributed by atoms with Gasteiger partial charge in [0.15, 0.2) is 5.65 Å². The summed E-state index contributed by atoms with van der Waals surface area (Å²) >= 11 is 0. The Morgan fingerprint density at radius 1 is 0.893 bits per heavy atom. The number of aromatic nitrogens is 4. The van der Waals surface area contributed by atoms with Crippen molar-refractivity contribution in [2.75, 3.05) is 0 Å². The average Bonchev–Trinajstić information content (AvgIpc) is 3.16. The summed E-state index contributed by atoms with van der Waals surface area (Å²) in [5, 5.41) is 5.62. The second kappa shape index (κ2) is 6.55. The summed E-state index contributed by atoms with van der Waals surface area (Å²) in [6.45, 7) is 2.54. The Balaban J connectivity index is 1.67. The van der Waals surface area contributed by atoms with Crippen LogP contribution in [0.2, 0.25) is 0 Å². The van der Waals surface area contributed by atoms with Crippen LogP contribution in [0.15, 0.2) is 73.3 Å². The quantitative estimate of drug-likeness (QED) is 0.515. The van der Waals surface area contributed by atoms with Gasteiger partial charge in [-0.05, 0) is 29.7 Å². The number of nitrogens with two attached hydrogens (primary N) is 1. The number of para-hydroxylation sites is 1. The first kappa shape index (κ1) is 16.6. The summed E-state index contributed by atoms with van der Waals surface area (Å²) < 4.78 is 1.84. The van der Waals surface area contributed by atoms with Crippen LogP contribution in [-0.2, 0) is 6.54 Å². The van der Waals surface area contributed by atoms with Gasteiger partial charge in [-0.15, -0.1) is 0 Å². The fraction of sp³-hybridized carbons (Fsp3) is 0.0870. The fourth-order valence-corrected chi connectivity index (χ4v) is 3.60. The third-order valence-corrected chi connectivity index (χ3v) is 5.11. The molecule has 3 heterocycles. The maximum absolute atomic E-state index is 5.89. The van der Waals surface area contributed by atoms with Gasteiger partial charge in [0.2, 0.25) is 0 Å². The van der Waals surface area contributed by atoms with Crippen molar-refractivity contribution in [3.05, 3.63) is 84.4 Å². The van der Waals surface area contributed by atoms with E-state index < -0.39 is 0 Å². The Morgan fingerprint density at radius 2 is 1.75 bits per heavy atom. The topological polar surface area (TPSA) is 69.1 Å². The number of aryl methyl sites for hydroxylation is 1. The van der Waals surface area contributed by atoms with Crippen LogP contribution in [0.3, 0.4) is 0 Å². The molecular formula is C23H19N5. The molecule has 0 aliphatic heterocycles. The molecule has 0 radical (unpaired) electrons. The molecular weight excluding hydrogens is 346 g/mol. The third-order valence-electron chi connectivity index (χ3n) is 5.11. The molecule has 0 fully saturated rings. The highest BCUT2D eigenvalue weighted by Gasteiger charge is 2.13. The van der Waals surface area contributed by atoms with Crippen LogP contribution in [0.25, 0.3) is 38.8 Å². The van der Waals surface area contributed by atoms with Crippen LogP contribution in [0.5, 0.6) is 0 Å². The van der Waals surface area contributed by atoms with E-state index in [1.54, 1.807) is 0 Å². The molecule has 3 aromatic heterocycles. The number of rotatable bonds is 3. The minimum Gasteiger partial charge on any atom is -0.326 e. The Morgan fingerprint density at radius 3 is 2.57 bits per heavy atom. The number of hydrogen-bond donors (Lipinski definition) is 1. The van der Waals surface area contributed by atoms with Crippen LogP contribution < -0.4 is 5.73 Å². The maximum atomic E-state index is 5.89. The van der Waals surface area contributed by atoms with Crippen LogP contribution in [0, 0.1) is 6.92 Å². The summed E-state index contributed by atoms with van der Waals surface area (Å²) in [5.74, 6) is 0. The molecule has 0 unspecified atom stereocenters. The number of hydrogen-bond acceptors (Lipinski definition) is 4. The lowest BCUT2D eigenvalue weighted by Crippen LogP contribution is -1.98. The second-order valence-electron chi connectivity index (χ2n) is 6.91. The van der Waals surface area contributed by atoms with Crippen molar-refractivity contribution in [3.63, 3.8) is 0 Å². The largest absolute Gasteiger partial charge is 0.326 e. The van der Waals surface area contributed by atoms with E-state index in [9.17, 15) is 0 Å². The van der Waals surface area contributed by atoms with Crippen molar-refractivity contribution in [1.29, 1.82) is 0 Å². The summed E-state index contributed by atoms with van der Waals surface area (Å²) in [7, 11) is 0. The first-order chi connectivity index (χ1) is 13.7. The van der Waals surface area contributed by atoms with Crippen LogP contribution in [-0.4, -0.2) is 19.6 Å². The fourth-order valence-electron chi connectivity index (χ4n) is 3.60. The molecule has 5 rings (SSSR count). The molecule has 0 aliphatic carbocycles. The summed E-state index contributed by atoms with van der Waals surface area (Å²) in [6.07, 6.45) is 7.61. The summed E-state index contributed by atoms with van der Waals surface area (Å²) in [5.41, 5.74) is 14.1. The van der Waals surface area contributed by atoms with Gasteiger partial charge in [0.05, 0.1) is 11.7 Å². The lowest BCUT2D eigenvalue weighted by Gasteiger charge is -2.08. The van der Waals surface area contributed by atoms with E-state index in [0.717, 1.165) is 44.4 Å². The number of pyridine rings is 1. The zero-order valence-electron chi connectivity index (χ0n) is 15.5. The van der Waals surface area contributed by atoms with Gasteiger partial charge in [-0.1, -0.05) is 48.0 Å². The smallest absolute Gasteiger partial charge is 0.162 e. The maximum Gasteiger partial charge on any atom is 0.162 e. The van der Waals surface area contributed by atoms with Gasteiger partial charge in [0.1, 0.15) is 0 Å². The molecule has 0 atom stereocenters. The number of fused-ring (bicyclic) bond motifs is 2. The normalized spacial score (nSPS) is 11.4. The minimum atomic E-state index is 0.459. The van der Waals surface area contributed by atoms with Gasteiger partial charge < -0.3 is 5.73 Å². The molecule has 0 saturated carbocycles. The Kier molecular flexibility index (Phi) is 3.88. The average molecular weight is 365 g/mol. The molecule has 5 aromatic rings. The van der Waals surface area contributed by atoms with Crippen LogP contribution in [0.4, 0.5) is 0 Å². The standard InChI is InChI=1S/C23H19N5/c1-15-5-7-16(8-6-15)18-12-26-23-21(13-27-28(23)14-18)19-9-10-25-22-17(11-24)3-2-4-20(19)22/h2-10,12-14H,11,24H2,1H3. The van der Waals surface area contributed by atoms with Gasteiger partial charge in [0, 0.05) is 41.6 Å². The van der Waals surface area contributed by atoms with Crippen molar-refractivity contribution in [2.24, 2.45) is 5.73 Å². The number of nitrogens with zero attached hydrogens (tertiary/aromatic N) is 4. The number of benzene rings is 2. The molecule has 0 bridgehead atoms. The van der Waals surface area contributed by atoms with E-state index in [1.165, 1.54) is 5.56 Å². The highest BCUT2D eigenvalue weighted by atomic mass is 15.2. The molecule has 5 nitrogen and oxygen atoms in total.